The van der Waals surface area contributed by atoms with E-state index in [1.165, 1.54) is 12.1 Å². The monoisotopic (exact) mass is 307 g/mol. The molecule has 0 aliphatic carbocycles. The van der Waals surface area contributed by atoms with Gasteiger partial charge in [0.25, 0.3) is 0 Å². The fourth-order valence-corrected chi connectivity index (χ4v) is 2.39. The molecule has 21 heavy (non-hydrogen) atoms. The molecule has 0 bridgehead atoms. The van der Waals surface area contributed by atoms with E-state index in [4.69, 9.17) is 22.1 Å². The second-order valence-electron chi connectivity index (χ2n) is 5.26. The first-order valence-electron chi connectivity index (χ1n) is 6.88. The van der Waals surface area contributed by atoms with Gasteiger partial charge in [-0.15, -0.1) is 0 Å². The van der Waals surface area contributed by atoms with Gasteiger partial charge in [0.05, 0.1) is 0 Å². The number of rotatable bonds is 5. The van der Waals surface area contributed by atoms with Crippen LogP contribution < -0.4 is 10.5 Å². The lowest BCUT2D eigenvalue weighted by molar-refractivity contribution is 0.301. The van der Waals surface area contributed by atoms with Crippen LogP contribution in [-0.4, -0.2) is 6.04 Å². The largest absolute Gasteiger partial charge is 0.489 e. The second-order valence-corrected chi connectivity index (χ2v) is 5.66. The van der Waals surface area contributed by atoms with E-state index in [1.807, 2.05) is 32.0 Å². The van der Waals surface area contributed by atoms with Crippen molar-refractivity contribution in [1.82, 2.24) is 0 Å². The summed E-state index contributed by atoms with van der Waals surface area (Å²) in [6.45, 7) is 4.15. The van der Waals surface area contributed by atoms with Crippen molar-refractivity contribution >= 4 is 11.6 Å². The van der Waals surface area contributed by atoms with Crippen LogP contribution in [0.25, 0.3) is 0 Å². The summed E-state index contributed by atoms with van der Waals surface area (Å²) in [7, 11) is 0. The van der Waals surface area contributed by atoms with Gasteiger partial charge in [0, 0.05) is 16.6 Å². The highest BCUT2D eigenvalue weighted by Crippen LogP contribution is 2.28. The Morgan fingerprint density at radius 3 is 2.76 bits per heavy atom. The molecule has 2 aromatic carbocycles. The van der Waals surface area contributed by atoms with Crippen LogP contribution in [0.15, 0.2) is 36.4 Å². The quantitative estimate of drug-likeness (QED) is 0.896. The molecule has 0 heterocycles. The third-order valence-electron chi connectivity index (χ3n) is 3.30. The van der Waals surface area contributed by atoms with Crippen LogP contribution in [0.3, 0.4) is 0 Å². The molecule has 0 saturated carbocycles. The standard InChI is InChI=1S/C17H19ClFNO/c1-11-6-7-14(19)9-13(11)10-21-17-5-3-4-16(18)15(17)8-12(2)20/h3-7,9,12H,8,10,20H2,1-2H3. The van der Waals surface area contributed by atoms with Crippen LogP contribution in [0, 0.1) is 12.7 Å². The van der Waals surface area contributed by atoms with E-state index in [0.717, 1.165) is 16.7 Å². The van der Waals surface area contributed by atoms with Crippen LogP contribution in [0.4, 0.5) is 4.39 Å². The Balaban J connectivity index is 2.20. The second kappa shape index (κ2) is 6.92. The van der Waals surface area contributed by atoms with Crippen LogP contribution in [0.2, 0.25) is 5.02 Å². The summed E-state index contributed by atoms with van der Waals surface area (Å²) < 4.78 is 19.1. The molecule has 0 saturated heterocycles. The molecule has 0 amide bonds. The van der Waals surface area contributed by atoms with Crippen molar-refractivity contribution in [3.8, 4) is 5.75 Å². The van der Waals surface area contributed by atoms with Crippen LogP contribution in [0.5, 0.6) is 5.75 Å². The number of aryl methyl sites for hydroxylation is 1. The van der Waals surface area contributed by atoms with E-state index in [1.54, 1.807) is 6.07 Å². The lowest BCUT2D eigenvalue weighted by Crippen LogP contribution is -2.18. The Hall–Kier alpha value is -1.58. The summed E-state index contributed by atoms with van der Waals surface area (Å²) >= 11 is 6.22. The van der Waals surface area contributed by atoms with E-state index in [-0.39, 0.29) is 11.9 Å². The number of benzene rings is 2. The molecule has 2 N–H and O–H groups in total. The van der Waals surface area contributed by atoms with Gasteiger partial charge in [-0.25, -0.2) is 4.39 Å². The summed E-state index contributed by atoms with van der Waals surface area (Å²) in [4.78, 5) is 0. The van der Waals surface area contributed by atoms with Gasteiger partial charge in [-0.05, 0) is 55.7 Å². The van der Waals surface area contributed by atoms with Gasteiger partial charge in [0.1, 0.15) is 18.2 Å². The molecule has 1 atom stereocenters. The van der Waals surface area contributed by atoms with Crippen molar-refractivity contribution < 1.29 is 9.13 Å². The predicted octanol–water partition coefficient (Wildman–Crippen LogP) is 4.26. The third-order valence-corrected chi connectivity index (χ3v) is 3.65. The van der Waals surface area contributed by atoms with E-state index in [0.29, 0.717) is 23.8 Å². The topological polar surface area (TPSA) is 35.2 Å². The normalized spacial score (nSPS) is 12.2. The van der Waals surface area contributed by atoms with Crippen molar-refractivity contribution in [2.24, 2.45) is 5.73 Å². The molecule has 0 aromatic heterocycles. The Labute approximate surface area is 129 Å². The molecular weight excluding hydrogens is 289 g/mol. The number of nitrogens with two attached hydrogens (primary N) is 1. The van der Waals surface area contributed by atoms with Crippen LogP contribution in [0.1, 0.15) is 23.6 Å². The van der Waals surface area contributed by atoms with Crippen molar-refractivity contribution in [2.45, 2.75) is 32.9 Å². The summed E-state index contributed by atoms with van der Waals surface area (Å²) in [6, 6.07) is 10.2. The Bertz CT molecular complexity index is 628. The van der Waals surface area contributed by atoms with Crippen molar-refractivity contribution in [3.05, 3.63) is 63.9 Å². The van der Waals surface area contributed by atoms with E-state index in [2.05, 4.69) is 0 Å². The predicted molar refractivity (Wildman–Crippen MR) is 84.3 cm³/mol. The molecule has 112 valence electrons. The van der Waals surface area contributed by atoms with Gasteiger partial charge in [-0.3, -0.25) is 0 Å². The van der Waals surface area contributed by atoms with E-state index in [9.17, 15) is 4.39 Å². The average Bonchev–Trinajstić information content (AvgIpc) is 2.42. The summed E-state index contributed by atoms with van der Waals surface area (Å²) in [5.74, 6) is 0.435. The highest BCUT2D eigenvalue weighted by atomic mass is 35.5. The zero-order valence-corrected chi connectivity index (χ0v) is 13.0. The number of halogens is 2. The van der Waals surface area contributed by atoms with Crippen LogP contribution in [-0.2, 0) is 13.0 Å². The summed E-state index contributed by atoms with van der Waals surface area (Å²) in [6.07, 6.45) is 0.636. The Kier molecular flexibility index (Phi) is 5.21. The minimum Gasteiger partial charge on any atom is -0.489 e. The highest BCUT2D eigenvalue weighted by Gasteiger charge is 2.11. The van der Waals surface area contributed by atoms with E-state index < -0.39 is 0 Å². The minimum atomic E-state index is -0.263. The van der Waals surface area contributed by atoms with Crippen molar-refractivity contribution in [2.75, 3.05) is 0 Å². The Morgan fingerprint density at radius 2 is 2.05 bits per heavy atom. The van der Waals surface area contributed by atoms with Gasteiger partial charge in [0.2, 0.25) is 0 Å². The first-order chi connectivity index (χ1) is 9.97. The lowest BCUT2D eigenvalue weighted by Gasteiger charge is -2.15. The van der Waals surface area contributed by atoms with Gasteiger partial charge < -0.3 is 10.5 Å². The van der Waals surface area contributed by atoms with E-state index >= 15 is 0 Å². The van der Waals surface area contributed by atoms with Crippen molar-refractivity contribution in [3.63, 3.8) is 0 Å². The van der Waals surface area contributed by atoms with Gasteiger partial charge >= 0.3 is 0 Å². The molecule has 2 rings (SSSR count). The number of ether oxygens (including phenoxy) is 1. The summed E-state index contributed by atoms with van der Waals surface area (Å²) in [5.41, 5.74) is 8.56. The highest BCUT2D eigenvalue weighted by molar-refractivity contribution is 6.31. The van der Waals surface area contributed by atoms with Gasteiger partial charge in [-0.2, -0.15) is 0 Å². The molecule has 0 aliphatic heterocycles. The average molecular weight is 308 g/mol. The number of hydrogen-bond donors (Lipinski definition) is 1. The summed E-state index contributed by atoms with van der Waals surface area (Å²) in [5, 5.41) is 0.640. The zero-order chi connectivity index (χ0) is 15.4. The molecule has 2 nitrogen and oxygen atoms in total. The molecule has 1 unspecified atom stereocenters. The minimum absolute atomic E-state index is 0.0110. The number of hydrogen-bond acceptors (Lipinski definition) is 2. The lowest BCUT2D eigenvalue weighted by atomic mass is 10.1. The van der Waals surface area contributed by atoms with Gasteiger partial charge in [0.15, 0.2) is 0 Å². The smallest absolute Gasteiger partial charge is 0.124 e. The van der Waals surface area contributed by atoms with Crippen LogP contribution >= 0.6 is 11.6 Å². The molecule has 0 aliphatic rings. The zero-order valence-electron chi connectivity index (χ0n) is 12.2. The van der Waals surface area contributed by atoms with Crippen molar-refractivity contribution in [1.29, 1.82) is 0 Å². The fraction of sp³-hybridized carbons (Fsp3) is 0.294. The SMILES string of the molecule is Cc1ccc(F)cc1COc1cccc(Cl)c1CC(C)N. The maximum Gasteiger partial charge on any atom is 0.124 e. The maximum atomic E-state index is 13.3. The Morgan fingerprint density at radius 1 is 1.29 bits per heavy atom. The first-order valence-corrected chi connectivity index (χ1v) is 7.26. The first kappa shape index (κ1) is 15.8. The molecule has 2 aromatic rings. The molecule has 0 radical (unpaired) electrons. The van der Waals surface area contributed by atoms with Gasteiger partial charge in [-0.1, -0.05) is 23.7 Å². The molecule has 0 spiro atoms. The maximum absolute atomic E-state index is 13.3. The fourth-order valence-electron chi connectivity index (χ4n) is 2.15. The molecular formula is C17H19ClFNO. The molecule has 4 heteroatoms. The third kappa shape index (κ3) is 4.19. The molecule has 0 fully saturated rings.